The van der Waals surface area contributed by atoms with E-state index in [4.69, 9.17) is 0 Å². The van der Waals surface area contributed by atoms with E-state index < -0.39 is 10.8 Å². The van der Waals surface area contributed by atoms with Crippen LogP contribution in [0.4, 0.5) is 0 Å². The van der Waals surface area contributed by atoms with E-state index in [0.29, 0.717) is 42.7 Å². The summed E-state index contributed by atoms with van der Waals surface area (Å²) >= 11 is 0. The van der Waals surface area contributed by atoms with Crippen LogP contribution in [0.3, 0.4) is 0 Å². The maximum atomic E-state index is 13.5. The second-order valence-electron chi connectivity index (χ2n) is 15.5. The smallest absolute Gasteiger partial charge is 0.138 e. The van der Waals surface area contributed by atoms with Gasteiger partial charge in [0.15, 0.2) is 0 Å². The van der Waals surface area contributed by atoms with Crippen LogP contribution in [-0.2, 0) is 9.59 Å². The largest absolute Gasteiger partial charge is 0.307 e. The average Bonchev–Trinajstić information content (AvgIpc) is 2.46. The summed E-state index contributed by atoms with van der Waals surface area (Å²) in [7, 11) is 0. The monoisotopic (exact) mass is 462 g/mol. The summed E-state index contributed by atoms with van der Waals surface area (Å²) in [5.41, 5.74) is -0.814. The third kappa shape index (κ3) is 8.16. The lowest BCUT2D eigenvalue weighted by molar-refractivity contribution is -0.135. The van der Waals surface area contributed by atoms with Crippen molar-refractivity contribution in [1.29, 1.82) is 0 Å². The van der Waals surface area contributed by atoms with Gasteiger partial charge in [0.05, 0.1) is 0 Å². The Balaban J connectivity index is 2.03. The number of Topliss-reactive ketones (excluding diaryl/α,β-unsaturated/α-hetero) is 2. The molecule has 2 saturated heterocycles. The topological polar surface area (TPSA) is 58.2 Å². The van der Waals surface area contributed by atoms with Crippen molar-refractivity contribution in [3.8, 4) is 0 Å². The Kier molecular flexibility index (Phi) is 7.81. The third-order valence-corrected chi connectivity index (χ3v) is 7.89. The zero-order chi connectivity index (χ0) is 25.7. The van der Waals surface area contributed by atoms with Crippen molar-refractivity contribution in [1.82, 2.24) is 10.6 Å². The van der Waals surface area contributed by atoms with Gasteiger partial charge >= 0.3 is 0 Å². The molecule has 33 heavy (non-hydrogen) atoms. The van der Waals surface area contributed by atoms with Crippen LogP contribution in [-0.4, -0.2) is 33.7 Å². The Morgan fingerprint density at radius 1 is 0.606 bits per heavy atom. The van der Waals surface area contributed by atoms with Gasteiger partial charge in [-0.05, 0) is 99.3 Å². The Bertz CT molecular complexity index is 649. The molecular formula is C29H54N2O2. The number of hydrogen-bond acceptors (Lipinski definition) is 4. The van der Waals surface area contributed by atoms with Crippen LogP contribution in [0.2, 0.25) is 0 Å². The molecule has 192 valence electrons. The van der Waals surface area contributed by atoms with Crippen LogP contribution in [0.25, 0.3) is 0 Å². The van der Waals surface area contributed by atoms with Gasteiger partial charge < -0.3 is 10.6 Å². The Morgan fingerprint density at radius 2 is 0.848 bits per heavy atom. The van der Waals surface area contributed by atoms with Gasteiger partial charge in [0, 0.05) is 45.8 Å². The second kappa shape index (κ2) is 9.04. The Labute approximate surface area is 204 Å². The molecule has 2 rings (SSSR count). The molecule has 0 radical (unpaired) electrons. The van der Waals surface area contributed by atoms with Gasteiger partial charge in [-0.3, -0.25) is 9.59 Å². The van der Waals surface area contributed by atoms with Crippen molar-refractivity contribution in [2.75, 3.05) is 0 Å². The van der Waals surface area contributed by atoms with Crippen molar-refractivity contribution >= 4 is 11.6 Å². The zero-order valence-electron chi connectivity index (χ0n) is 23.9. The molecule has 2 fully saturated rings. The highest BCUT2D eigenvalue weighted by Crippen LogP contribution is 2.42. The number of nitrogens with one attached hydrogen (secondary N) is 2. The molecule has 4 heteroatoms. The number of carbonyl (C=O) groups is 2. The quantitative estimate of drug-likeness (QED) is 0.434. The lowest BCUT2D eigenvalue weighted by atomic mass is 9.65. The highest BCUT2D eigenvalue weighted by molar-refractivity contribution is 5.88. The van der Waals surface area contributed by atoms with Crippen LogP contribution < -0.4 is 10.6 Å². The van der Waals surface area contributed by atoms with Crippen molar-refractivity contribution in [3.05, 3.63) is 0 Å². The van der Waals surface area contributed by atoms with Gasteiger partial charge in [-0.2, -0.15) is 0 Å². The van der Waals surface area contributed by atoms with E-state index in [2.05, 4.69) is 93.7 Å². The van der Waals surface area contributed by atoms with Crippen LogP contribution in [0, 0.1) is 22.7 Å². The summed E-state index contributed by atoms with van der Waals surface area (Å²) in [6, 6.07) is 0. The molecule has 0 spiro atoms. The van der Waals surface area contributed by atoms with E-state index in [0.717, 1.165) is 25.7 Å². The summed E-state index contributed by atoms with van der Waals surface area (Å²) in [5.74, 6) is 1.40. The Hall–Kier alpha value is -0.740. The molecule has 0 unspecified atom stereocenters. The third-order valence-electron chi connectivity index (χ3n) is 7.89. The van der Waals surface area contributed by atoms with Crippen molar-refractivity contribution in [2.45, 2.75) is 150 Å². The number of piperidine rings is 2. The van der Waals surface area contributed by atoms with E-state index >= 15 is 0 Å². The molecule has 2 aliphatic rings. The number of ketones is 2. The fourth-order valence-electron chi connectivity index (χ4n) is 7.73. The fourth-order valence-corrected chi connectivity index (χ4v) is 7.73. The van der Waals surface area contributed by atoms with E-state index in [1.807, 2.05) is 0 Å². The van der Waals surface area contributed by atoms with Crippen molar-refractivity contribution < 1.29 is 9.59 Å². The molecule has 0 aromatic heterocycles. The first kappa shape index (κ1) is 28.5. The molecule has 0 bridgehead atoms. The predicted molar refractivity (Wildman–Crippen MR) is 139 cm³/mol. The summed E-state index contributed by atoms with van der Waals surface area (Å²) in [4.78, 5) is 27.0. The molecule has 4 nitrogen and oxygen atoms in total. The first-order valence-electron chi connectivity index (χ1n) is 13.2. The highest BCUT2D eigenvalue weighted by atomic mass is 16.1. The molecule has 0 saturated carbocycles. The maximum absolute atomic E-state index is 13.5. The standard InChI is InChI=1S/C29H54N2O2/c1-24(2,22(32)13-20-15-26(5,6)30-27(7,8)16-20)19-25(3,4)23(33)14-21-17-28(9,10)31-29(11,12)18-21/h20-21,30-31H,13-19H2,1-12H3. The zero-order valence-corrected chi connectivity index (χ0v) is 23.9. The predicted octanol–water partition coefficient (Wildman–Crippen LogP) is 6.46. The SMILES string of the molecule is CC1(C)CC(CC(=O)C(C)(C)CC(C)(C)C(=O)CC2CC(C)(C)NC(C)(C)C2)CC(C)(C)N1. The molecule has 0 aliphatic carbocycles. The first-order chi connectivity index (χ1) is 14.5. The molecule has 0 aromatic rings. The minimum atomic E-state index is -0.495. The van der Waals surface area contributed by atoms with Crippen molar-refractivity contribution in [3.63, 3.8) is 0 Å². The van der Waals surface area contributed by atoms with Crippen LogP contribution in [0.5, 0.6) is 0 Å². The van der Waals surface area contributed by atoms with E-state index in [1.165, 1.54) is 0 Å². The van der Waals surface area contributed by atoms with Gasteiger partial charge in [0.25, 0.3) is 0 Å². The summed E-state index contributed by atoms with van der Waals surface area (Å²) in [6.07, 6.45) is 5.91. The minimum absolute atomic E-state index is 0.0441. The molecule has 0 atom stereocenters. The number of hydrogen-bond donors (Lipinski definition) is 2. The molecule has 2 N–H and O–H groups in total. The Morgan fingerprint density at radius 3 is 1.09 bits per heavy atom. The van der Waals surface area contributed by atoms with E-state index in [9.17, 15) is 9.59 Å². The second-order valence-corrected chi connectivity index (χ2v) is 15.5. The lowest BCUT2D eigenvalue weighted by Crippen LogP contribution is -2.58. The van der Waals surface area contributed by atoms with Gasteiger partial charge in [-0.15, -0.1) is 0 Å². The fraction of sp³-hybridized carbons (Fsp3) is 0.931. The minimum Gasteiger partial charge on any atom is -0.307 e. The van der Waals surface area contributed by atoms with Gasteiger partial charge in [0.1, 0.15) is 11.6 Å². The van der Waals surface area contributed by atoms with Gasteiger partial charge in [-0.1, -0.05) is 27.7 Å². The van der Waals surface area contributed by atoms with Crippen LogP contribution >= 0.6 is 0 Å². The van der Waals surface area contributed by atoms with Crippen LogP contribution in [0.1, 0.15) is 128 Å². The van der Waals surface area contributed by atoms with E-state index in [-0.39, 0.29) is 22.2 Å². The maximum Gasteiger partial charge on any atom is 0.138 e. The van der Waals surface area contributed by atoms with E-state index in [1.54, 1.807) is 0 Å². The van der Waals surface area contributed by atoms with Gasteiger partial charge in [-0.25, -0.2) is 0 Å². The molecular weight excluding hydrogens is 408 g/mol. The number of carbonyl (C=O) groups excluding carboxylic acids is 2. The molecule has 0 amide bonds. The summed E-state index contributed by atoms with van der Waals surface area (Å²) in [5, 5.41) is 7.43. The van der Waals surface area contributed by atoms with Gasteiger partial charge in [0.2, 0.25) is 0 Å². The summed E-state index contributed by atoms with van der Waals surface area (Å²) < 4.78 is 0. The number of rotatable bonds is 8. The highest BCUT2D eigenvalue weighted by Gasteiger charge is 2.44. The van der Waals surface area contributed by atoms with Crippen molar-refractivity contribution in [2.24, 2.45) is 22.7 Å². The molecule has 2 heterocycles. The molecule has 2 aliphatic heterocycles. The molecule has 0 aromatic carbocycles. The summed E-state index contributed by atoms with van der Waals surface area (Å²) in [6.45, 7) is 26.1. The van der Waals surface area contributed by atoms with Crippen LogP contribution in [0.15, 0.2) is 0 Å². The lowest BCUT2D eigenvalue weighted by Gasteiger charge is -2.47. The normalized spacial score (nSPS) is 25.6. The average molecular weight is 463 g/mol. The first-order valence-corrected chi connectivity index (χ1v) is 13.2.